The lowest BCUT2D eigenvalue weighted by Gasteiger charge is -2.13. The SMILES string of the molecule is Cc1c(=O)ccc2c1oc1c(-c3cccnc3)c3c(=O)[nH]n(C4CCCC4)c3[nH]c12. The summed E-state index contributed by atoms with van der Waals surface area (Å²) in [5, 5.41) is 4.45. The molecule has 0 spiro atoms. The zero-order valence-electron chi connectivity index (χ0n) is 16.5. The fraction of sp³-hybridized carbons (Fsp3) is 0.261. The van der Waals surface area contributed by atoms with Gasteiger partial charge in [-0.3, -0.25) is 24.4 Å². The molecule has 4 aromatic heterocycles. The molecule has 5 aromatic rings. The summed E-state index contributed by atoms with van der Waals surface area (Å²) in [7, 11) is 0. The molecule has 1 aliphatic rings. The number of furan rings is 1. The van der Waals surface area contributed by atoms with E-state index >= 15 is 0 Å². The number of aromatic amines is 2. The number of nitrogens with zero attached hydrogens (tertiary/aromatic N) is 2. The Morgan fingerprint density at radius 3 is 2.73 bits per heavy atom. The first-order valence-electron chi connectivity index (χ1n) is 10.3. The minimum atomic E-state index is -0.157. The zero-order chi connectivity index (χ0) is 20.4. The number of pyridine rings is 2. The van der Waals surface area contributed by atoms with Gasteiger partial charge in [0.05, 0.1) is 16.9 Å². The zero-order valence-corrected chi connectivity index (χ0v) is 16.5. The molecule has 7 nitrogen and oxygen atoms in total. The van der Waals surface area contributed by atoms with Gasteiger partial charge in [-0.25, -0.2) is 0 Å². The average Bonchev–Trinajstić information content (AvgIpc) is 3.48. The van der Waals surface area contributed by atoms with Crippen molar-refractivity contribution in [3.63, 3.8) is 0 Å². The van der Waals surface area contributed by atoms with Crippen LogP contribution >= 0.6 is 0 Å². The number of rotatable bonds is 2. The molecule has 7 heteroatoms. The van der Waals surface area contributed by atoms with Crippen LogP contribution < -0.4 is 11.0 Å². The molecule has 1 aromatic carbocycles. The summed E-state index contributed by atoms with van der Waals surface area (Å²) in [5.41, 5.74) is 4.49. The van der Waals surface area contributed by atoms with Crippen molar-refractivity contribution in [3.8, 4) is 11.1 Å². The third kappa shape index (κ3) is 2.29. The normalized spacial score (nSPS) is 15.1. The number of nitrogens with one attached hydrogen (secondary N) is 2. The molecule has 1 saturated carbocycles. The van der Waals surface area contributed by atoms with Crippen LogP contribution in [0.2, 0.25) is 0 Å². The van der Waals surface area contributed by atoms with Crippen molar-refractivity contribution in [2.75, 3.05) is 0 Å². The smallest absolute Gasteiger partial charge is 0.274 e. The predicted molar refractivity (Wildman–Crippen MR) is 116 cm³/mol. The molecule has 150 valence electrons. The van der Waals surface area contributed by atoms with Crippen molar-refractivity contribution in [1.82, 2.24) is 19.7 Å². The molecule has 0 atom stereocenters. The van der Waals surface area contributed by atoms with Crippen LogP contribution in [0.3, 0.4) is 0 Å². The maximum absolute atomic E-state index is 13.1. The van der Waals surface area contributed by atoms with Gasteiger partial charge in [0.15, 0.2) is 11.0 Å². The maximum atomic E-state index is 13.1. The van der Waals surface area contributed by atoms with Gasteiger partial charge in [-0.05, 0) is 38.0 Å². The second-order valence-electron chi connectivity index (χ2n) is 8.09. The number of benzene rings is 1. The molecule has 0 bridgehead atoms. The number of fused-ring (bicyclic) bond motifs is 4. The highest BCUT2D eigenvalue weighted by Crippen LogP contribution is 2.40. The molecule has 0 aliphatic heterocycles. The Morgan fingerprint density at radius 1 is 1.13 bits per heavy atom. The van der Waals surface area contributed by atoms with Gasteiger partial charge in [-0.1, -0.05) is 18.9 Å². The Hall–Kier alpha value is -3.61. The summed E-state index contributed by atoms with van der Waals surface area (Å²) in [6, 6.07) is 7.38. The van der Waals surface area contributed by atoms with Gasteiger partial charge in [0.25, 0.3) is 5.56 Å². The molecule has 0 unspecified atom stereocenters. The van der Waals surface area contributed by atoms with Crippen molar-refractivity contribution in [2.45, 2.75) is 38.6 Å². The van der Waals surface area contributed by atoms with E-state index in [0.29, 0.717) is 27.7 Å². The van der Waals surface area contributed by atoms with Gasteiger partial charge >= 0.3 is 0 Å². The fourth-order valence-electron chi connectivity index (χ4n) is 4.84. The van der Waals surface area contributed by atoms with Crippen molar-refractivity contribution in [2.24, 2.45) is 0 Å². The Morgan fingerprint density at radius 2 is 1.97 bits per heavy atom. The van der Waals surface area contributed by atoms with E-state index in [-0.39, 0.29) is 17.0 Å². The van der Waals surface area contributed by atoms with Gasteiger partial charge in [0, 0.05) is 34.5 Å². The van der Waals surface area contributed by atoms with Crippen LogP contribution in [0.1, 0.15) is 37.3 Å². The average molecular weight is 400 g/mol. The van der Waals surface area contributed by atoms with E-state index in [2.05, 4.69) is 15.1 Å². The van der Waals surface area contributed by atoms with Crippen LogP contribution in [0.4, 0.5) is 0 Å². The number of aromatic nitrogens is 4. The Labute approximate surface area is 170 Å². The number of aryl methyl sites for hydroxylation is 1. The molecule has 30 heavy (non-hydrogen) atoms. The van der Waals surface area contributed by atoms with E-state index in [1.807, 2.05) is 16.8 Å². The van der Waals surface area contributed by atoms with Gasteiger partial charge in [0.2, 0.25) is 0 Å². The molecule has 1 aliphatic carbocycles. The molecule has 0 saturated heterocycles. The first-order valence-corrected chi connectivity index (χ1v) is 10.3. The molecule has 4 heterocycles. The van der Waals surface area contributed by atoms with Gasteiger partial charge in [0.1, 0.15) is 11.2 Å². The highest BCUT2D eigenvalue weighted by molar-refractivity contribution is 6.14. The van der Waals surface area contributed by atoms with E-state index in [4.69, 9.17) is 4.42 Å². The van der Waals surface area contributed by atoms with Crippen LogP contribution in [0.15, 0.2) is 50.7 Å². The predicted octanol–water partition coefficient (Wildman–Crippen LogP) is 4.40. The quantitative estimate of drug-likeness (QED) is 0.459. The Balaban J connectivity index is 1.84. The van der Waals surface area contributed by atoms with Gasteiger partial charge in [-0.2, -0.15) is 0 Å². The van der Waals surface area contributed by atoms with Crippen molar-refractivity contribution in [1.29, 1.82) is 0 Å². The third-order valence-electron chi connectivity index (χ3n) is 6.34. The van der Waals surface area contributed by atoms with E-state index in [1.165, 1.54) is 0 Å². The molecule has 6 rings (SSSR count). The first-order chi connectivity index (χ1) is 14.6. The molecular weight excluding hydrogens is 380 g/mol. The van der Waals surface area contributed by atoms with E-state index in [1.54, 1.807) is 31.5 Å². The third-order valence-corrected chi connectivity index (χ3v) is 6.34. The number of hydrogen-bond acceptors (Lipinski definition) is 4. The van der Waals surface area contributed by atoms with E-state index in [9.17, 15) is 9.59 Å². The van der Waals surface area contributed by atoms with Crippen molar-refractivity contribution < 1.29 is 4.42 Å². The lowest BCUT2D eigenvalue weighted by atomic mass is 10.0. The number of hydrogen-bond donors (Lipinski definition) is 2. The molecule has 2 N–H and O–H groups in total. The Kier molecular flexibility index (Phi) is 3.56. The maximum Gasteiger partial charge on any atom is 0.274 e. The van der Waals surface area contributed by atoms with E-state index in [0.717, 1.165) is 47.8 Å². The van der Waals surface area contributed by atoms with E-state index < -0.39 is 0 Å². The second kappa shape index (κ2) is 6.19. The lowest BCUT2D eigenvalue weighted by Crippen LogP contribution is -2.10. The fourth-order valence-corrected chi connectivity index (χ4v) is 4.84. The van der Waals surface area contributed by atoms with Gasteiger partial charge in [-0.15, -0.1) is 0 Å². The molecule has 1 fully saturated rings. The van der Waals surface area contributed by atoms with Crippen LogP contribution in [0.5, 0.6) is 0 Å². The summed E-state index contributed by atoms with van der Waals surface area (Å²) in [6.07, 6.45) is 7.83. The standard InChI is InChI=1S/C23H20N4O3/c1-12-16(28)9-8-15-19-21(30-20(12)15)17(13-5-4-10-24-11-13)18-22(25-19)27(26-23(18)29)14-6-2-3-7-14/h4-5,8-11,14,25H,2-3,6-7H2,1H3,(H,26,29). The minimum Gasteiger partial charge on any atom is -0.453 e. The summed E-state index contributed by atoms with van der Waals surface area (Å²) >= 11 is 0. The molecular formula is C23H20N4O3. The summed E-state index contributed by atoms with van der Waals surface area (Å²) in [5.74, 6) is 0. The first kappa shape index (κ1) is 17.3. The largest absolute Gasteiger partial charge is 0.453 e. The van der Waals surface area contributed by atoms with Crippen LogP contribution in [-0.2, 0) is 0 Å². The molecule has 0 radical (unpaired) electrons. The second-order valence-corrected chi connectivity index (χ2v) is 8.09. The summed E-state index contributed by atoms with van der Waals surface area (Å²) in [6.45, 7) is 1.77. The Bertz CT molecular complexity index is 1550. The highest BCUT2D eigenvalue weighted by atomic mass is 16.3. The molecule has 0 amide bonds. The van der Waals surface area contributed by atoms with Gasteiger partial charge < -0.3 is 9.40 Å². The van der Waals surface area contributed by atoms with Crippen LogP contribution in [-0.4, -0.2) is 19.7 Å². The van der Waals surface area contributed by atoms with Crippen molar-refractivity contribution >= 4 is 33.1 Å². The topological polar surface area (TPSA) is 96.7 Å². The lowest BCUT2D eigenvalue weighted by molar-refractivity contribution is 0.476. The monoisotopic (exact) mass is 400 g/mol. The van der Waals surface area contributed by atoms with Crippen molar-refractivity contribution in [3.05, 3.63) is 62.8 Å². The van der Waals surface area contributed by atoms with Crippen LogP contribution in [0, 0.1) is 6.92 Å². The van der Waals surface area contributed by atoms with Crippen LogP contribution in [0.25, 0.3) is 44.2 Å². The summed E-state index contributed by atoms with van der Waals surface area (Å²) < 4.78 is 8.21. The number of H-pyrrole nitrogens is 2. The summed E-state index contributed by atoms with van der Waals surface area (Å²) in [4.78, 5) is 33.0. The minimum absolute atomic E-state index is 0.0673. The highest BCUT2D eigenvalue weighted by Gasteiger charge is 2.26.